The van der Waals surface area contributed by atoms with Crippen LogP contribution in [-0.4, -0.2) is 82.8 Å². The molecule has 1 aromatic rings. The van der Waals surface area contributed by atoms with Crippen molar-refractivity contribution in [3.8, 4) is 0 Å². The molecule has 0 spiro atoms. The molecule has 2 heterocycles. The molecule has 1 saturated carbocycles. The van der Waals surface area contributed by atoms with Crippen LogP contribution in [0.25, 0.3) is 0 Å². The van der Waals surface area contributed by atoms with Gasteiger partial charge in [-0.25, -0.2) is 4.98 Å². The molecule has 1 aromatic heterocycles. The summed E-state index contributed by atoms with van der Waals surface area (Å²) in [6.07, 6.45) is 12.6. The van der Waals surface area contributed by atoms with Gasteiger partial charge in [0.25, 0.3) is 0 Å². The summed E-state index contributed by atoms with van der Waals surface area (Å²) in [5.41, 5.74) is 0.958. The summed E-state index contributed by atoms with van der Waals surface area (Å²) in [7, 11) is 5.86. The van der Waals surface area contributed by atoms with E-state index in [9.17, 15) is 9.59 Å². The Morgan fingerprint density at radius 3 is 2.74 bits per heavy atom. The molecule has 7 nitrogen and oxygen atoms in total. The summed E-state index contributed by atoms with van der Waals surface area (Å²) in [6, 6.07) is 0.433. The lowest BCUT2D eigenvalue weighted by molar-refractivity contribution is -0.132. The van der Waals surface area contributed by atoms with Crippen LogP contribution >= 0.6 is 0 Å². The van der Waals surface area contributed by atoms with Crippen LogP contribution in [0.2, 0.25) is 0 Å². The van der Waals surface area contributed by atoms with Crippen molar-refractivity contribution >= 4 is 11.7 Å². The van der Waals surface area contributed by atoms with E-state index < -0.39 is 0 Å². The first kappa shape index (κ1) is 23.5. The Kier molecular flexibility index (Phi) is 8.29. The lowest BCUT2D eigenvalue weighted by atomic mass is 9.72. The molecule has 1 aliphatic heterocycles. The molecule has 0 unspecified atom stereocenters. The Labute approximate surface area is 187 Å². The Hall–Kier alpha value is -2.15. The van der Waals surface area contributed by atoms with Crippen molar-refractivity contribution in [1.82, 2.24) is 24.3 Å². The smallest absolute Gasteiger partial charge is 0.222 e. The molecule has 1 amide bonds. The van der Waals surface area contributed by atoms with E-state index in [2.05, 4.69) is 16.8 Å². The topological polar surface area (TPSA) is 61.7 Å². The zero-order chi connectivity index (χ0) is 22.4. The van der Waals surface area contributed by atoms with Crippen LogP contribution in [0.15, 0.2) is 30.5 Å². The lowest BCUT2D eigenvalue weighted by Crippen LogP contribution is -2.52. The van der Waals surface area contributed by atoms with Gasteiger partial charge in [-0.2, -0.15) is 0 Å². The summed E-state index contributed by atoms with van der Waals surface area (Å²) in [5.74, 6) is 1.22. The average molecular weight is 430 g/mol. The number of nitrogens with zero attached hydrogens (tertiary/aromatic N) is 5. The zero-order valence-electron chi connectivity index (χ0n) is 19.7. The summed E-state index contributed by atoms with van der Waals surface area (Å²) < 4.78 is 2.04. The van der Waals surface area contributed by atoms with Crippen LogP contribution < -0.4 is 0 Å². The molecule has 31 heavy (non-hydrogen) atoms. The highest BCUT2D eigenvalue weighted by Crippen LogP contribution is 2.39. The van der Waals surface area contributed by atoms with E-state index in [1.165, 1.54) is 0 Å². The van der Waals surface area contributed by atoms with Crippen molar-refractivity contribution in [3.63, 3.8) is 0 Å². The van der Waals surface area contributed by atoms with Crippen LogP contribution in [0.1, 0.15) is 45.4 Å². The van der Waals surface area contributed by atoms with E-state index in [0.29, 0.717) is 30.7 Å². The van der Waals surface area contributed by atoms with E-state index in [0.717, 1.165) is 57.4 Å². The third kappa shape index (κ3) is 6.42. The SMILES string of the molecule is CCCN1C[C@@H](CC(=O)N(C)CCCn2ccnc2)C[C@@H]2CC(=O)C(=CN(C)C)C[C@H]21. The second-order valence-corrected chi connectivity index (χ2v) is 9.55. The average Bonchev–Trinajstić information content (AvgIpc) is 3.22. The predicted octanol–water partition coefficient (Wildman–Crippen LogP) is 2.65. The number of aryl methyl sites for hydroxylation is 1. The molecule has 172 valence electrons. The number of Topliss-reactive ketones (excluding diaryl/α,β-unsaturated/α-hetero) is 1. The van der Waals surface area contributed by atoms with Gasteiger partial charge in [-0.15, -0.1) is 0 Å². The number of carbonyl (C=O) groups excluding carboxylic acids is 2. The first-order chi connectivity index (χ1) is 14.9. The minimum atomic E-state index is 0.223. The van der Waals surface area contributed by atoms with E-state index >= 15 is 0 Å². The Morgan fingerprint density at radius 1 is 1.26 bits per heavy atom. The summed E-state index contributed by atoms with van der Waals surface area (Å²) in [5, 5.41) is 0. The van der Waals surface area contributed by atoms with Gasteiger partial charge in [0.15, 0.2) is 5.78 Å². The van der Waals surface area contributed by atoms with Gasteiger partial charge in [0.1, 0.15) is 0 Å². The fourth-order valence-corrected chi connectivity index (χ4v) is 5.21. The van der Waals surface area contributed by atoms with Gasteiger partial charge < -0.3 is 14.4 Å². The largest absolute Gasteiger partial charge is 0.383 e. The number of aromatic nitrogens is 2. The van der Waals surface area contributed by atoms with Gasteiger partial charge in [0.05, 0.1) is 6.33 Å². The molecule has 1 saturated heterocycles. The van der Waals surface area contributed by atoms with E-state index in [4.69, 9.17) is 0 Å². The van der Waals surface area contributed by atoms with Crippen molar-refractivity contribution in [2.45, 2.75) is 58.0 Å². The normalized spacial score (nSPS) is 25.5. The van der Waals surface area contributed by atoms with Crippen LogP contribution in [0.3, 0.4) is 0 Å². The van der Waals surface area contributed by atoms with Crippen LogP contribution in [-0.2, 0) is 16.1 Å². The number of likely N-dealkylation sites (tertiary alicyclic amines) is 1. The number of hydrogen-bond donors (Lipinski definition) is 0. The van der Waals surface area contributed by atoms with Crippen molar-refractivity contribution in [3.05, 3.63) is 30.5 Å². The summed E-state index contributed by atoms with van der Waals surface area (Å²) in [4.78, 5) is 36.0. The maximum Gasteiger partial charge on any atom is 0.222 e. The number of piperidine rings is 1. The molecule has 7 heteroatoms. The molecular weight excluding hydrogens is 390 g/mol. The predicted molar refractivity (Wildman–Crippen MR) is 122 cm³/mol. The molecule has 2 fully saturated rings. The van der Waals surface area contributed by atoms with Gasteiger partial charge in [0, 0.05) is 83.8 Å². The Bertz CT molecular complexity index is 758. The maximum atomic E-state index is 12.9. The zero-order valence-corrected chi connectivity index (χ0v) is 19.7. The van der Waals surface area contributed by atoms with Gasteiger partial charge in [0.2, 0.25) is 5.91 Å². The van der Waals surface area contributed by atoms with E-state index in [1.54, 1.807) is 6.20 Å². The second-order valence-electron chi connectivity index (χ2n) is 9.55. The first-order valence-corrected chi connectivity index (χ1v) is 11.7. The maximum absolute atomic E-state index is 12.9. The highest BCUT2D eigenvalue weighted by Gasteiger charge is 2.41. The fraction of sp³-hybridized carbons (Fsp3) is 0.708. The lowest BCUT2D eigenvalue weighted by Gasteiger charge is -2.47. The second kappa shape index (κ2) is 10.9. The molecule has 2 aliphatic rings. The number of fused-ring (bicyclic) bond motifs is 1. The fourth-order valence-electron chi connectivity index (χ4n) is 5.21. The van der Waals surface area contributed by atoms with Crippen molar-refractivity contribution in [2.75, 3.05) is 40.8 Å². The number of carbonyl (C=O) groups is 2. The van der Waals surface area contributed by atoms with Crippen molar-refractivity contribution in [2.24, 2.45) is 11.8 Å². The first-order valence-electron chi connectivity index (χ1n) is 11.7. The van der Waals surface area contributed by atoms with Gasteiger partial charge in [-0.3, -0.25) is 14.5 Å². The molecule has 0 bridgehead atoms. The van der Waals surface area contributed by atoms with Gasteiger partial charge in [-0.05, 0) is 44.1 Å². The highest BCUT2D eigenvalue weighted by molar-refractivity contribution is 5.96. The Balaban J connectivity index is 1.55. The number of rotatable bonds is 9. The minimum absolute atomic E-state index is 0.223. The van der Waals surface area contributed by atoms with E-state index in [-0.39, 0.29) is 11.7 Å². The molecule has 0 N–H and O–H groups in total. The van der Waals surface area contributed by atoms with Crippen LogP contribution in [0, 0.1) is 11.8 Å². The number of hydrogen-bond acceptors (Lipinski definition) is 5. The molecule has 0 aromatic carbocycles. The molecule has 3 rings (SSSR count). The van der Waals surface area contributed by atoms with Gasteiger partial charge >= 0.3 is 0 Å². The molecule has 1 aliphatic carbocycles. The molecule has 0 radical (unpaired) electrons. The van der Waals surface area contributed by atoms with Crippen molar-refractivity contribution < 1.29 is 9.59 Å². The number of amides is 1. The van der Waals surface area contributed by atoms with E-state index in [1.807, 2.05) is 54.2 Å². The highest BCUT2D eigenvalue weighted by atomic mass is 16.2. The number of imidazole rings is 1. The van der Waals surface area contributed by atoms with Gasteiger partial charge in [-0.1, -0.05) is 6.92 Å². The third-order valence-electron chi connectivity index (χ3n) is 6.66. The summed E-state index contributed by atoms with van der Waals surface area (Å²) >= 11 is 0. The van der Waals surface area contributed by atoms with Crippen LogP contribution in [0.4, 0.5) is 0 Å². The standard InChI is InChI=1S/C24H39N5O2/c1-5-8-29-16-19(12-20-15-23(30)21(14-22(20)29)17-26(2)3)13-24(31)27(4)9-6-10-28-11-7-25-18-28/h7,11,17-20,22H,5-6,8-10,12-16H2,1-4H3/t19-,20-,22-/m1/s1. The summed E-state index contributed by atoms with van der Waals surface area (Å²) in [6.45, 7) is 5.84. The monoisotopic (exact) mass is 429 g/mol. The number of ketones is 1. The molecule has 3 atom stereocenters. The van der Waals surface area contributed by atoms with Crippen LogP contribution in [0.5, 0.6) is 0 Å². The third-order valence-corrected chi connectivity index (χ3v) is 6.66. The van der Waals surface area contributed by atoms with Crippen molar-refractivity contribution in [1.29, 1.82) is 0 Å². The molecular formula is C24H39N5O2. The minimum Gasteiger partial charge on any atom is -0.383 e. The quantitative estimate of drug-likeness (QED) is 0.565. The Morgan fingerprint density at radius 2 is 2.06 bits per heavy atom.